The minimum Gasteiger partial charge on any atom is -0.505 e. The molecule has 13 heteroatoms. The summed E-state index contributed by atoms with van der Waals surface area (Å²) in [5, 5.41) is 40.7. The number of primary amides is 1. The highest BCUT2D eigenvalue weighted by Gasteiger charge is 2.72. The fraction of sp³-hybridized carbons (Fsp3) is 0.433. The average Bonchev–Trinajstić information content (AvgIpc) is 2.96. The molecular weight excluding hydrogens is 580 g/mol. The van der Waals surface area contributed by atoms with Crippen LogP contribution in [0.15, 0.2) is 36.4 Å². The van der Waals surface area contributed by atoms with E-state index in [2.05, 4.69) is 10.6 Å². The van der Waals surface area contributed by atoms with E-state index in [1.807, 2.05) is 24.3 Å². The third-order valence-electron chi connectivity index (χ3n) is 9.17. The number of fused-ring (bicyclic) bond motifs is 3. The molecule has 2 fully saturated rings. The number of aromatic hydroxyl groups is 1. The van der Waals surface area contributed by atoms with E-state index in [1.165, 1.54) is 19.0 Å². The van der Waals surface area contributed by atoms with Gasteiger partial charge in [-0.25, -0.2) is 0 Å². The number of nitrogens with one attached hydrogen (secondary N) is 2. The molecular formula is C30H33ClN4O8. The summed E-state index contributed by atoms with van der Waals surface area (Å²) in [4.78, 5) is 68.2. The Morgan fingerprint density at radius 3 is 2.28 bits per heavy atom. The molecule has 0 saturated heterocycles. The van der Waals surface area contributed by atoms with Crippen molar-refractivity contribution in [3.05, 3.63) is 53.1 Å². The van der Waals surface area contributed by atoms with E-state index in [4.69, 9.17) is 17.3 Å². The lowest BCUT2D eigenvalue weighted by molar-refractivity contribution is -0.196. The highest BCUT2D eigenvalue weighted by molar-refractivity contribution is 6.32. The van der Waals surface area contributed by atoms with Gasteiger partial charge in [-0.05, 0) is 49.3 Å². The molecule has 2 aromatic rings. The molecule has 228 valence electrons. The molecule has 0 aliphatic heterocycles. The van der Waals surface area contributed by atoms with E-state index < -0.39 is 82.1 Å². The zero-order valence-corrected chi connectivity index (χ0v) is 24.5. The maximum Gasteiger partial charge on any atom is 0.235 e. The van der Waals surface area contributed by atoms with Gasteiger partial charge in [0.1, 0.15) is 5.75 Å². The second-order valence-corrected chi connectivity index (χ2v) is 11.9. The Morgan fingerprint density at radius 2 is 1.70 bits per heavy atom. The number of carbonyl (C=O) groups excluding carboxylic acids is 5. The first-order valence-corrected chi connectivity index (χ1v) is 14.3. The fourth-order valence-corrected chi connectivity index (χ4v) is 7.26. The van der Waals surface area contributed by atoms with Gasteiger partial charge >= 0.3 is 0 Å². The van der Waals surface area contributed by atoms with E-state index >= 15 is 0 Å². The molecule has 0 heterocycles. The van der Waals surface area contributed by atoms with Crippen molar-refractivity contribution in [1.29, 1.82) is 0 Å². The van der Waals surface area contributed by atoms with Crippen molar-refractivity contribution >= 4 is 52.0 Å². The lowest BCUT2D eigenvalue weighted by atomic mass is 9.49. The van der Waals surface area contributed by atoms with Crippen molar-refractivity contribution in [1.82, 2.24) is 4.90 Å². The zero-order valence-electron chi connectivity index (χ0n) is 23.7. The van der Waals surface area contributed by atoms with Crippen LogP contribution < -0.4 is 16.4 Å². The Labute approximate surface area is 252 Å². The number of hydrogen-bond acceptors (Lipinski definition) is 11. The van der Waals surface area contributed by atoms with Crippen LogP contribution in [0.2, 0.25) is 0 Å². The van der Waals surface area contributed by atoms with Crippen LogP contribution in [0.4, 0.5) is 11.4 Å². The second-order valence-electron chi connectivity index (χ2n) is 11.7. The Bertz CT molecular complexity index is 1530. The molecule has 3 aliphatic carbocycles. The summed E-state index contributed by atoms with van der Waals surface area (Å²) in [7, 11) is 2.89. The number of carbonyl (C=O) groups is 5. The number of ketones is 4. The molecule has 2 saturated carbocycles. The molecule has 0 radical (unpaired) electrons. The Balaban J connectivity index is 1.51. The number of likely N-dealkylation sites (N-methyl/N-ethyl adjacent to an activating group) is 1. The van der Waals surface area contributed by atoms with Crippen molar-refractivity contribution in [2.75, 3.05) is 31.4 Å². The van der Waals surface area contributed by atoms with Gasteiger partial charge in [0.25, 0.3) is 0 Å². The molecule has 5 rings (SSSR count). The standard InChI is InChI=1S/C30H33ClN4O8/c1-12-15-8-9-16(34-11-33-14-6-4-13(10-31)5-7-14)23(36)18(15)24(37)19-17(12)25(38)21-22(35(2)3)26(39)20(29(32)42)28(41)30(21,43)27(19)40/h4-9,12,17,19-22,25,33-34,36,38,43H,10-11H2,1-3H3,(H2,32,42)/t12-,17+,19?,20?,21+,22-,25-,30-/m1/s1. The zero-order chi connectivity index (χ0) is 31.5. The molecule has 1 amide bonds. The Hall–Kier alpha value is -3.84. The number of anilines is 2. The van der Waals surface area contributed by atoms with Crippen LogP contribution in [0.25, 0.3) is 0 Å². The third kappa shape index (κ3) is 4.51. The molecule has 43 heavy (non-hydrogen) atoms. The van der Waals surface area contributed by atoms with Gasteiger partial charge in [-0.2, -0.15) is 0 Å². The monoisotopic (exact) mass is 612 g/mol. The number of hydrogen-bond donors (Lipinski definition) is 6. The maximum absolute atomic E-state index is 14.1. The number of aliphatic hydroxyl groups is 2. The summed E-state index contributed by atoms with van der Waals surface area (Å²) in [5.41, 5.74) is 4.39. The number of nitrogens with two attached hydrogens (primary N) is 1. The summed E-state index contributed by atoms with van der Waals surface area (Å²) >= 11 is 5.83. The lowest BCUT2D eigenvalue weighted by Gasteiger charge is -2.56. The van der Waals surface area contributed by atoms with E-state index in [0.717, 1.165) is 11.3 Å². The van der Waals surface area contributed by atoms with Crippen LogP contribution in [0.1, 0.15) is 34.3 Å². The summed E-state index contributed by atoms with van der Waals surface area (Å²) in [6, 6.07) is 9.14. The SMILES string of the molecule is C[C@@H]1c2ccc(NCNc3ccc(CCl)cc3)c(O)c2C(=O)C2C(=O)[C@@]3(O)C(=O)C(C(N)=O)C(=O)[C@H](N(C)C)[C@H]3[C@H](O)[C@H]21. The summed E-state index contributed by atoms with van der Waals surface area (Å²) in [5.74, 6) is -13.3. The molecule has 0 spiro atoms. The number of nitrogens with zero attached hydrogens (tertiary/aromatic N) is 1. The molecule has 0 aromatic heterocycles. The predicted octanol–water partition coefficient (Wildman–Crippen LogP) is 0.619. The van der Waals surface area contributed by atoms with Crippen molar-refractivity contribution in [2.45, 2.75) is 36.5 Å². The molecule has 3 aliphatic rings. The summed E-state index contributed by atoms with van der Waals surface area (Å²) < 4.78 is 0. The second kappa shape index (κ2) is 11.0. The van der Waals surface area contributed by atoms with Gasteiger partial charge in [0.2, 0.25) is 5.91 Å². The molecule has 7 N–H and O–H groups in total. The van der Waals surface area contributed by atoms with E-state index in [0.29, 0.717) is 11.4 Å². The van der Waals surface area contributed by atoms with E-state index in [1.54, 1.807) is 19.1 Å². The van der Waals surface area contributed by atoms with Crippen LogP contribution in [0, 0.1) is 23.7 Å². The van der Waals surface area contributed by atoms with Gasteiger partial charge in [0.05, 0.1) is 41.9 Å². The van der Waals surface area contributed by atoms with Gasteiger partial charge in [0.15, 0.2) is 34.7 Å². The van der Waals surface area contributed by atoms with Crippen molar-refractivity contribution in [2.24, 2.45) is 29.4 Å². The Kier molecular flexibility index (Phi) is 7.84. The van der Waals surface area contributed by atoms with Crippen LogP contribution >= 0.6 is 11.6 Å². The van der Waals surface area contributed by atoms with Crippen LogP contribution in [-0.4, -0.2) is 87.8 Å². The highest BCUT2D eigenvalue weighted by atomic mass is 35.5. The maximum atomic E-state index is 14.1. The molecule has 2 unspecified atom stereocenters. The number of Topliss-reactive ketones (excluding diaryl/α,β-unsaturated/α-hetero) is 4. The highest BCUT2D eigenvalue weighted by Crippen LogP contribution is 2.55. The molecule has 12 nitrogen and oxygen atoms in total. The van der Waals surface area contributed by atoms with Crippen molar-refractivity contribution in [3.63, 3.8) is 0 Å². The first kappa shape index (κ1) is 30.6. The number of aliphatic hydroxyl groups excluding tert-OH is 1. The summed E-state index contributed by atoms with van der Waals surface area (Å²) in [6.45, 7) is 1.82. The van der Waals surface area contributed by atoms with Crippen molar-refractivity contribution < 1.29 is 39.3 Å². The van der Waals surface area contributed by atoms with Crippen LogP contribution in [0.3, 0.4) is 0 Å². The number of amides is 1. The number of phenolic OH excluding ortho intramolecular Hbond substituents is 1. The smallest absolute Gasteiger partial charge is 0.235 e. The first-order valence-electron chi connectivity index (χ1n) is 13.8. The molecule has 2 aromatic carbocycles. The Morgan fingerprint density at radius 1 is 1.05 bits per heavy atom. The number of benzene rings is 2. The summed E-state index contributed by atoms with van der Waals surface area (Å²) in [6.07, 6.45) is -1.68. The van der Waals surface area contributed by atoms with Gasteiger partial charge < -0.3 is 31.7 Å². The number of alkyl halides is 1. The van der Waals surface area contributed by atoms with E-state index in [-0.39, 0.29) is 17.9 Å². The quantitative estimate of drug-likeness (QED) is 0.111. The van der Waals surface area contributed by atoms with Crippen LogP contribution in [-0.2, 0) is 25.1 Å². The van der Waals surface area contributed by atoms with Gasteiger partial charge in [-0.15, -0.1) is 11.6 Å². The number of phenols is 1. The van der Waals surface area contributed by atoms with Gasteiger partial charge in [-0.3, -0.25) is 28.9 Å². The minimum atomic E-state index is -3.04. The van der Waals surface area contributed by atoms with Crippen molar-refractivity contribution in [3.8, 4) is 5.75 Å². The van der Waals surface area contributed by atoms with Crippen LogP contribution in [0.5, 0.6) is 5.75 Å². The topological polar surface area (TPSA) is 199 Å². The predicted molar refractivity (Wildman–Crippen MR) is 156 cm³/mol. The fourth-order valence-electron chi connectivity index (χ4n) is 7.08. The van der Waals surface area contributed by atoms with E-state index in [9.17, 15) is 39.3 Å². The van der Waals surface area contributed by atoms with Gasteiger partial charge in [0, 0.05) is 17.5 Å². The largest absolute Gasteiger partial charge is 0.505 e. The third-order valence-corrected chi connectivity index (χ3v) is 9.48. The number of halogens is 1. The first-order chi connectivity index (χ1) is 20.3. The normalized spacial score (nSPS) is 31.7. The molecule has 0 bridgehead atoms. The van der Waals surface area contributed by atoms with Gasteiger partial charge in [-0.1, -0.05) is 25.1 Å². The average molecular weight is 613 g/mol. The lowest BCUT2D eigenvalue weighted by Crippen LogP contribution is -2.77. The molecule has 8 atom stereocenters. The number of rotatable bonds is 7. The minimum absolute atomic E-state index is 0.157.